The Kier molecular flexibility index (Phi) is 5.78. The zero-order valence-corrected chi connectivity index (χ0v) is 14.9. The number of halogens is 2. The monoisotopic (exact) mass is 440 g/mol. The molecule has 0 radical (unpaired) electrons. The third-order valence-corrected chi connectivity index (χ3v) is 4.70. The van der Waals surface area contributed by atoms with E-state index in [2.05, 4.69) is 38.5 Å². The third-order valence-electron chi connectivity index (χ3n) is 3.15. The second kappa shape index (κ2) is 6.51. The summed E-state index contributed by atoms with van der Waals surface area (Å²) < 4.78 is 1.45. The highest BCUT2D eigenvalue weighted by molar-refractivity contribution is 14.1. The summed E-state index contributed by atoms with van der Waals surface area (Å²) in [5, 5.41) is 10.5. The first-order chi connectivity index (χ1) is 8.75. The molecular weight excluding hydrogens is 423 g/mol. The summed E-state index contributed by atoms with van der Waals surface area (Å²) in [4.78, 5) is 14.2. The molecule has 4 nitrogen and oxygen atoms in total. The van der Waals surface area contributed by atoms with Crippen molar-refractivity contribution in [3.05, 3.63) is 25.7 Å². The quantitative estimate of drug-likeness (QED) is 0.320. The van der Waals surface area contributed by atoms with Crippen molar-refractivity contribution >= 4 is 50.0 Å². The molecular formula is C13H18BrIN2O2. The summed E-state index contributed by atoms with van der Waals surface area (Å²) in [6.07, 6.45) is 0. The predicted octanol–water partition coefficient (Wildman–Crippen LogP) is 2.87. The van der Waals surface area contributed by atoms with Gasteiger partial charge < -0.3 is 10.8 Å². The summed E-state index contributed by atoms with van der Waals surface area (Å²) in [6, 6.07) is 3.35. The number of aliphatic hydroxyl groups is 1. The SMILES string of the molecule is CCN(CC)C(C)(O)C(=O)c1cc(Br)c(N)c(I)c1. The van der Waals surface area contributed by atoms with Gasteiger partial charge in [0.1, 0.15) is 0 Å². The van der Waals surface area contributed by atoms with Gasteiger partial charge >= 0.3 is 0 Å². The molecule has 0 saturated carbocycles. The lowest BCUT2D eigenvalue weighted by Crippen LogP contribution is -2.52. The van der Waals surface area contributed by atoms with Gasteiger partial charge in [0.05, 0.1) is 5.69 Å². The smallest absolute Gasteiger partial charge is 0.209 e. The van der Waals surface area contributed by atoms with Crippen molar-refractivity contribution in [2.24, 2.45) is 0 Å². The minimum absolute atomic E-state index is 0.324. The molecule has 106 valence electrons. The standard InChI is InChI=1S/C13H18BrIN2O2/c1-4-17(5-2)13(3,19)12(18)8-6-9(14)11(16)10(15)7-8/h6-7,19H,4-5,16H2,1-3H3. The van der Waals surface area contributed by atoms with Gasteiger partial charge in [0, 0.05) is 13.6 Å². The van der Waals surface area contributed by atoms with Crippen LogP contribution in [0.1, 0.15) is 31.1 Å². The summed E-state index contributed by atoms with van der Waals surface area (Å²) in [7, 11) is 0. The van der Waals surface area contributed by atoms with Gasteiger partial charge in [-0.1, -0.05) is 13.8 Å². The van der Waals surface area contributed by atoms with Gasteiger partial charge in [-0.15, -0.1) is 0 Å². The first-order valence-electron chi connectivity index (χ1n) is 6.02. The zero-order chi connectivity index (χ0) is 14.8. The summed E-state index contributed by atoms with van der Waals surface area (Å²) in [6.45, 7) is 6.55. The van der Waals surface area contributed by atoms with Crippen LogP contribution in [0.4, 0.5) is 5.69 Å². The molecule has 0 aliphatic rings. The van der Waals surface area contributed by atoms with E-state index in [0.717, 1.165) is 3.57 Å². The van der Waals surface area contributed by atoms with E-state index < -0.39 is 5.72 Å². The molecule has 1 atom stereocenters. The Morgan fingerprint density at radius 1 is 1.47 bits per heavy atom. The fourth-order valence-corrected chi connectivity index (χ4v) is 3.43. The molecule has 0 heterocycles. The zero-order valence-electron chi connectivity index (χ0n) is 11.2. The highest BCUT2D eigenvalue weighted by Crippen LogP contribution is 2.29. The molecule has 6 heteroatoms. The molecule has 0 bridgehead atoms. The molecule has 0 aliphatic carbocycles. The normalized spacial score (nSPS) is 14.5. The van der Waals surface area contributed by atoms with Gasteiger partial charge in [-0.25, -0.2) is 0 Å². The van der Waals surface area contributed by atoms with E-state index in [4.69, 9.17) is 5.73 Å². The van der Waals surface area contributed by atoms with Crippen LogP contribution < -0.4 is 5.73 Å². The largest absolute Gasteiger partial charge is 0.397 e. The number of ketones is 1. The average molecular weight is 441 g/mol. The number of hydrogen-bond acceptors (Lipinski definition) is 4. The second-order valence-corrected chi connectivity index (χ2v) is 6.39. The van der Waals surface area contributed by atoms with Gasteiger partial charge in [0.2, 0.25) is 5.78 Å². The van der Waals surface area contributed by atoms with E-state index in [1.54, 1.807) is 17.0 Å². The molecule has 0 amide bonds. The van der Waals surface area contributed by atoms with Crippen LogP contribution in [0.15, 0.2) is 16.6 Å². The fourth-order valence-electron chi connectivity index (χ4n) is 1.97. The number of carbonyl (C=O) groups is 1. The fraction of sp³-hybridized carbons (Fsp3) is 0.462. The Balaban J connectivity index is 3.20. The minimum atomic E-state index is -1.51. The van der Waals surface area contributed by atoms with E-state index in [1.807, 2.05) is 13.8 Å². The topological polar surface area (TPSA) is 66.6 Å². The van der Waals surface area contributed by atoms with Crippen molar-refractivity contribution in [1.29, 1.82) is 0 Å². The number of nitrogens with two attached hydrogens (primary N) is 1. The van der Waals surface area contributed by atoms with Crippen LogP contribution in [-0.2, 0) is 0 Å². The van der Waals surface area contributed by atoms with Gasteiger partial charge in [0.15, 0.2) is 5.72 Å². The Labute approximate surface area is 135 Å². The van der Waals surface area contributed by atoms with E-state index in [1.165, 1.54) is 6.92 Å². The first-order valence-corrected chi connectivity index (χ1v) is 7.89. The maximum Gasteiger partial charge on any atom is 0.209 e. The molecule has 1 rings (SSSR count). The van der Waals surface area contributed by atoms with Crippen LogP contribution in [0.25, 0.3) is 0 Å². The highest BCUT2D eigenvalue weighted by atomic mass is 127. The van der Waals surface area contributed by atoms with Crippen LogP contribution in [0.2, 0.25) is 0 Å². The van der Waals surface area contributed by atoms with Crippen molar-refractivity contribution in [3.63, 3.8) is 0 Å². The van der Waals surface area contributed by atoms with Crippen LogP contribution in [0, 0.1) is 3.57 Å². The number of Topliss-reactive ketones (excluding diaryl/α,β-unsaturated/α-hetero) is 1. The maximum atomic E-state index is 12.5. The molecule has 1 unspecified atom stereocenters. The van der Waals surface area contributed by atoms with Gasteiger partial charge in [-0.05, 0) is 70.7 Å². The van der Waals surface area contributed by atoms with Gasteiger partial charge in [-0.3, -0.25) is 9.69 Å². The number of hydrogen-bond donors (Lipinski definition) is 2. The average Bonchev–Trinajstić information content (AvgIpc) is 2.35. The number of nitrogens with zero attached hydrogens (tertiary/aromatic N) is 1. The van der Waals surface area contributed by atoms with Gasteiger partial charge in [0.25, 0.3) is 0 Å². The summed E-state index contributed by atoms with van der Waals surface area (Å²) in [5.41, 5.74) is 5.37. The molecule has 19 heavy (non-hydrogen) atoms. The minimum Gasteiger partial charge on any atom is -0.397 e. The molecule has 0 spiro atoms. The number of benzene rings is 1. The Bertz CT molecular complexity index is 465. The van der Waals surface area contributed by atoms with Gasteiger partial charge in [-0.2, -0.15) is 0 Å². The maximum absolute atomic E-state index is 12.5. The van der Waals surface area contributed by atoms with Crippen LogP contribution >= 0.6 is 38.5 Å². The van der Waals surface area contributed by atoms with E-state index in [0.29, 0.717) is 28.8 Å². The summed E-state index contributed by atoms with van der Waals surface area (Å²) in [5.74, 6) is -0.324. The third kappa shape index (κ3) is 3.48. The molecule has 0 aliphatic heterocycles. The molecule has 0 saturated heterocycles. The number of anilines is 1. The van der Waals surface area contributed by atoms with Crippen LogP contribution in [0.3, 0.4) is 0 Å². The first kappa shape index (κ1) is 16.9. The van der Waals surface area contributed by atoms with E-state index >= 15 is 0 Å². The lowest BCUT2D eigenvalue weighted by atomic mass is 10.0. The lowest BCUT2D eigenvalue weighted by molar-refractivity contribution is -0.0589. The Hall–Kier alpha value is -0.180. The number of nitrogen functional groups attached to an aromatic ring is 1. The predicted molar refractivity (Wildman–Crippen MR) is 89.1 cm³/mol. The molecule has 0 aromatic heterocycles. The van der Waals surface area contributed by atoms with Crippen LogP contribution in [-0.4, -0.2) is 34.6 Å². The molecule has 0 fully saturated rings. The van der Waals surface area contributed by atoms with Crippen molar-refractivity contribution in [2.75, 3.05) is 18.8 Å². The number of carbonyl (C=O) groups excluding carboxylic acids is 1. The van der Waals surface area contributed by atoms with E-state index in [-0.39, 0.29) is 5.78 Å². The molecule has 1 aromatic rings. The van der Waals surface area contributed by atoms with Crippen molar-refractivity contribution < 1.29 is 9.90 Å². The lowest BCUT2D eigenvalue weighted by Gasteiger charge is -2.34. The van der Waals surface area contributed by atoms with Crippen molar-refractivity contribution in [1.82, 2.24) is 4.90 Å². The van der Waals surface area contributed by atoms with E-state index in [9.17, 15) is 9.90 Å². The Morgan fingerprint density at radius 2 is 2.00 bits per heavy atom. The second-order valence-electron chi connectivity index (χ2n) is 4.38. The highest BCUT2D eigenvalue weighted by Gasteiger charge is 2.36. The van der Waals surface area contributed by atoms with Crippen molar-refractivity contribution in [3.8, 4) is 0 Å². The van der Waals surface area contributed by atoms with Crippen molar-refractivity contribution in [2.45, 2.75) is 26.5 Å². The Morgan fingerprint density at radius 3 is 2.42 bits per heavy atom. The van der Waals surface area contributed by atoms with Crippen LogP contribution in [0.5, 0.6) is 0 Å². The molecule has 3 N–H and O–H groups in total. The number of likely N-dealkylation sites (N-methyl/N-ethyl adjacent to an activating group) is 1. The summed E-state index contributed by atoms with van der Waals surface area (Å²) >= 11 is 5.40. The molecule has 1 aromatic carbocycles. The number of rotatable bonds is 5.